The summed E-state index contributed by atoms with van der Waals surface area (Å²) in [6.45, 7) is 0. The van der Waals surface area contributed by atoms with Gasteiger partial charge in [-0.05, 0) is 60.7 Å². The maximum absolute atomic E-state index is 13.2. The average Bonchev–Trinajstić information content (AvgIpc) is 2.84. The molecule has 0 atom stereocenters. The van der Waals surface area contributed by atoms with Crippen LogP contribution in [0.2, 0.25) is 5.02 Å². The second-order valence-corrected chi connectivity index (χ2v) is 7.41. The number of anilines is 1. The molecule has 1 N–H and O–H groups in total. The molecule has 0 bridgehead atoms. The number of aromatic nitrogens is 2. The number of pyridine rings is 1. The third-order valence-corrected chi connectivity index (χ3v) is 4.98. The van der Waals surface area contributed by atoms with Crippen LogP contribution in [0.25, 0.3) is 11.7 Å². The summed E-state index contributed by atoms with van der Waals surface area (Å²) >= 11 is 5.96. The Morgan fingerprint density at radius 2 is 1.88 bits per heavy atom. The van der Waals surface area contributed by atoms with Crippen molar-refractivity contribution in [3.05, 3.63) is 99.4 Å². The Morgan fingerprint density at radius 3 is 2.59 bits per heavy atom. The number of ether oxygens (including phenoxy) is 2. The topological polar surface area (TPSA) is 106 Å². The Kier molecular flexibility index (Phi) is 6.57. The number of hydrogen-bond donors (Lipinski definition) is 1. The van der Waals surface area contributed by atoms with Gasteiger partial charge < -0.3 is 14.8 Å². The number of nitrogens with one attached hydrogen (secondary N) is 1. The number of hydrogen-bond acceptors (Lipinski definition) is 6. The van der Waals surface area contributed by atoms with E-state index in [2.05, 4.69) is 10.3 Å². The summed E-state index contributed by atoms with van der Waals surface area (Å²) in [6.07, 6.45) is 2.70. The molecule has 8 nitrogen and oxygen atoms in total. The first kappa shape index (κ1) is 22.6. The minimum Gasteiger partial charge on any atom is -0.497 e. The van der Waals surface area contributed by atoms with E-state index in [1.165, 1.54) is 10.6 Å². The van der Waals surface area contributed by atoms with Gasteiger partial charge in [-0.15, -0.1) is 0 Å². The van der Waals surface area contributed by atoms with Crippen molar-refractivity contribution in [2.45, 2.75) is 0 Å². The van der Waals surface area contributed by atoms with Gasteiger partial charge in [-0.2, -0.15) is 10.2 Å². The van der Waals surface area contributed by atoms with E-state index in [0.29, 0.717) is 27.9 Å². The minimum atomic E-state index is -0.710. The van der Waals surface area contributed by atoms with Crippen LogP contribution in [0.5, 0.6) is 17.4 Å². The Morgan fingerprint density at radius 1 is 1.12 bits per heavy atom. The molecule has 0 aliphatic rings. The van der Waals surface area contributed by atoms with Crippen LogP contribution < -0.4 is 20.3 Å². The standard InChI is InChI=1S/C25H17ClN4O4/c1-33-19-8-10-20(11-9-19)34-24-21(25(32)30-12-3-2-7-22(30)29-24)13-16(15-27)23(31)28-18-6-4-5-17(26)14-18/h2-14H,1H3,(H,28,31). The first-order valence-corrected chi connectivity index (χ1v) is 10.4. The van der Waals surface area contributed by atoms with Crippen molar-refractivity contribution in [2.75, 3.05) is 12.4 Å². The molecule has 0 spiro atoms. The van der Waals surface area contributed by atoms with Gasteiger partial charge in [0, 0.05) is 16.9 Å². The number of rotatable bonds is 6. The normalized spacial score (nSPS) is 11.0. The Labute approximate surface area is 199 Å². The largest absolute Gasteiger partial charge is 0.497 e. The molecule has 34 heavy (non-hydrogen) atoms. The molecule has 2 aromatic heterocycles. The third-order valence-electron chi connectivity index (χ3n) is 4.74. The Balaban J connectivity index is 1.78. The SMILES string of the molecule is COc1ccc(Oc2nc3ccccn3c(=O)c2C=C(C#N)C(=O)Nc2cccc(Cl)c2)cc1. The van der Waals surface area contributed by atoms with Crippen LogP contribution in [0.3, 0.4) is 0 Å². The molecule has 1 amide bonds. The maximum Gasteiger partial charge on any atom is 0.269 e. The van der Waals surface area contributed by atoms with Crippen LogP contribution >= 0.6 is 11.6 Å². The highest BCUT2D eigenvalue weighted by Gasteiger charge is 2.17. The zero-order valence-corrected chi connectivity index (χ0v) is 18.6. The van der Waals surface area contributed by atoms with E-state index in [1.54, 1.807) is 73.8 Å². The summed E-state index contributed by atoms with van der Waals surface area (Å²) in [5.41, 5.74) is -0.124. The number of nitrogens with zero attached hydrogens (tertiary/aromatic N) is 3. The molecule has 0 saturated carbocycles. The smallest absolute Gasteiger partial charge is 0.269 e. The van der Waals surface area contributed by atoms with Gasteiger partial charge in [-0.1, -0.05) is 23.7 Å². The molecule has 0 fully saturated rings. The van der Waals surface area contributed by atoms with Crippen LogP contribution in [-0.4, -0.2) is 22.4 Å². The van der Waals surface area contributed by atoms with Crippen molar-refractivity contribution < 1.29 is 14.3 Å². The highest BCUT2D eigenvalue weighted by atomic mass is 35.5. The minimum absolute atomic E-state index is 0.0512. The fourth-order valence-corrected chi connectivity index (χ4v) is 3.29. The predicted molar refractivity (Wildman–Crippen MR) is 128 cm³/mol. The molecule has 9 heteroatoms. The van der Waals surface area contributed by atoms with E-state index in [0.717, 1.165) is 6.08 Å². The molecule has 4 rings (SSSR count). The second kappa shape index (κ2) is 9.90. The van der Waals surface area contributed by atoms with Gasteiger partial charge in [0.2, 0.25) is 5.88 Å². The molecule has 0 aliphatic carbocycles. The molecular weight excluding hydrogens is 456 g/mol. The van der Waals surface area contributed by atoms with Gasteiger partial charge in [0.1, 0.15) is 34.4 Å². The zero-order chi connectivity index (χ0) is 24.1. The van der Waals surface area contributed by atoms with E-state index in [-0.39, 0.29) is 17.0 Å². The first-order valence-electron chi connectivity index (χ1n) is 10.0. The number of nitriles is 1. The maximum atomic E-state index is 13.2. The van der Waals surface area contributed by atoms with Gasteiger partial charge in [0.25, 0.3) is 11.5 Å². The molecular formula is C25H17ClN4O4. The molecule has 0 aliphatic heterocycles. The molecule has 0 unspecified atom stereocenters. The van der Waals surface area contributed by atoms with Gasteiger partial charge >= 0.3 is 0 Å². The molecule has 2 aromatic carbocycles. The van der Waals surface area contributed by atoms with E-state index < -0.39 is 11.5 Å². The lowest BCUT2D eigenvalue weighted by Gasteiger charge is -2.11. The number of amides is 1. The monoisotopic (exact) mass is 472 g/mol. The van der Waals surface area contributed by atoms with Crippen LogP contribution in [-0.2, 0) is 4.79 Å². The van der Waals surface area contributed by atoms with Crippen molar-refractivity contribution in [1.82, 2.24) is 9.38 Å². The van der Waals surface area contributed by atoms with E-state index >= 15 is 0 Å². The third kappa shape index (κ3) is 4.90. The second-order valence-electron chi connectivity index (χ2n) is 6.98. The van der Waals surface area contributed by atoms with Crippen LogP contribution in [0.4, 0.5) is 5.69 Å². The molecule has 4 aromatic rings. The number of carbonyl (C=O) groups excluding carboxylic acids is 1. The lowest BCUT2D eigenvalue weighted by atomic mass is 10.1. The van der Waals surface area contributed by atoms with Crippen LogP contribution in [0.1, 0.15) is 5.56 Å². The van der Waals surface area contributed by atoms with Crippen LogP contribution in [0, 0.1) is 11.3 Å². The Bertz CT molecular complexity index is 1500. The summed E-state index contributed by atoms with van der Waals surface area (Å²) in [5, 5.41) is 12.7. The summed E-state index contributed by atoms with van der Waals surface area (Å²) in [5.74, 6) is 0.260. The number of carbonyl (C=O) groups is 1. The quantitative estimate of drug-likeness (QED) is 0.322. The Hall–Kier alpha value is -4.61. The van der Waals surface area contributed by atoms with E-state index in [1.807, 2.05) is 6.07 Å². The van der Waals surface area contributed by atoms with Gasteiger partial charge in [-0.3, -0.25) is 14.0 Å². The van der Waals surface area contributed by atoms with Crippen molar-refractivity contribution in [3.63, 3.8) is 0 Å². The molecule has 0 radical (unpaired) electrons. The fourth-order valence-electron chi connectivity index (χ4n) is 3.10. The lowest BCUT2D eigenvalue weighted by Crippen LogP contribution is -2.20. The highest BCUT2D eigenvalue weighted by Crippen LogP contribution is 2.26. The summed E-state index contributed by atoms with van der Waals surface area (Å²) in [4.78, 5) is 30.4. The van der Waals surface area contributed by atoms with Crippen molar-refractivity contribution in [1.29, 1.82) is 5.26 Å². The molecule has 168 valence electrons. The van der Waals surface area contributed by atoms with Crippen molar-refractivity contribution >= 4 is 34.9 Å². The summed E-state index contributed by atoms with van der Waals surface area (Å²) in [7, 11) is 1.54. The predicted octanol–water partition coefficient (Wildman–Crippen LogP) is 4.69. The number of benzene rings is 2. The summed E-state index contributed by atoms with van der Waals surface area (Å²) < 4.78 is 12.3. The lowest BCUT2D eigenvalue weighted by molar-refractivity contribution is -0.112. The average molecular weight is 473 g/mol. The fraction of sp³-hybridized carbons (Fsp3) is 0.0400. The molecule has 0 saturated heterocycles. The van der Waals surface area contributed by atoms with Gasteiger partial charge in [0.15, 0.2) is 0 Å². The number of methoxy groups -OCH3 is 1. The highest BCUT2D eigenvalue weighted by molar-refractivity contribution is 6.31. The number of halogens is 1. The first-order chi connectivity index (χ1) is 16.5. The van der Waals surface area contributed by atoms with Gasteiger partial charge in [0.05, 0.1) is 7.11 Å². The number of fused-ring (bicyclic) bond motifs is 1. The van der Waals surface area contributed by atoms with Gasteiger partial charge in [-0.25, -0.2) is 0 Å². The zero-order valence-electron chi connectivity index (χ0n) is 17.9. The van der Waals surface area contributed by atoms with Crippen molar-refractivity contribution in [2.24, 2.45) is 0 Å². The van der Waals surface area contributed by atoms with Crippen molar-refractivity contribution in [3.8, 4) is 23.4 Å². The van der Waals surface area contributed by atoms with E-state index in [4.69, 9.17) is 21.1 Å². The molecule has 2 heterocycles. The van der Waals surface area contributed by atoms with Crippen LogP contribution in [0.15, 0.2) is 83.3 Å². The summed E-state index contributed by atoms with van der Waals surface area (Å²) in [6, 6.07) is 20.1. The van der Waals surface area contributed by atoms with E-state index in [9.17, 15) is 14.9 Å².